The number of ether oxygens (including phenoxy) is 1. The van der Waals surface area contributed by atoms with E-state index in [9.17, 15) is 21.7 Å². The highest BCUT2D eigenvalue weighted by atomic mass is 35.5. The van der Waals surface area contributed by atoms with Crippen LogP contribution in [-0.4, -0.2) is 6.98 Å². The van der Waals surface area contributed by atoms with E-state index in [0.717, 1.165) is 18.2 Å². The predicted molar refractivity (Wildman–Crippen MR) is 70.9 cm³/mol. The van der Waals surface area contributed by atoms with E-state index in [-0.39, 0.29) is 11.6 Å². The average Bonchev–Trinajstić information content (AvgIpc) is 2.40. The van der Waals surface area contributed by atoms with Crippen LogP contribution in [-0.2, 0) is 6.61 Å². The Morgan fingerprint density at radius 3 is 2.33 bits per heavy atom. The quantitative estimate of drug-likeness (QED) is 0.604. The van der Waals surface area contributed by atoms with E-state index in [2.05, 4.69) is 0 Å². The molecule has 112 valence electrons. The molecule has 8 heteroatoms. The van der Waals surface area contributed by atoms with E-state index in [1.54, 1.807) is 0 Å². The Kier molecular flexibility index (Phi) is 4.41. The predicted octanol–water partition coefficient (Wildman–Crippen LogP) is 4.25. The summed E-state index contributed by atoms with van der Waals surface area (Å²) in [7, 11) is 0. The molecule has 0 atom stereocenters. The standard InChI is InChI=1S/C13H8BClF5O/c15-11-5-8(1-3-12(11)17)7-21-13-4-2-9(16)6-10(13)14(18,19)20/h1-6H,7H2/q-1. The SMILES string of the molecule is Fc1ccc(OCc2ccc(F)c(Cl)c2)c([B-](F)(F)F)c1. The maximum absolute atomic E-state index is 13.0. The van der Waals surface area contributed by atoms with Crippen molar-refractivity contribution in [2.75, 3.05) is 0 Å². The monoisotopic (exact) mass is 321 g/mol. The number of halogens is 6. The highest BCUT2D eigenvalue weighted by Crippen LogP contribution is 2.21. The molecule has 0 aromatic heterocycles. The number of benzene rings is 2. The van der Waals surface area contributed by atoms with Gasteiger partial charge in [0, 0.05) is 0 Å². The molecule has 0 heterocycles. The minimum atomic E-state index is -5.40. The Balaban J connectivity index is 2.22. The highest BCUT2D eigenvalue weighted by Gasteiger charge is 2.29. The first-order valence-corrected chi connectivity index (χ1v) is 6.21. The van der Waals surface area contributed by atoms with E-state index in [1.165, 1.54) is 12.1 Å². The normalized spacial score (nSPS) is 11.5. The molecule has 0 aliphatic rings. The van der Waals surface area contributed by atoms with E-state index >= 15 is 0 Å². The maximum Gasteiger partial charge on any atom is 0.513 e. The molecule has 2 rings (SSSR count). The minimum Gasteiger partial charge on any atom is -0.492 e. The lowest BCUT2D eigenvalue weighted by molar-refractivity contribution is 0.306. The molecule has 0 radical (unpaired) electrons. The van der Waals surface area contributed by atoms with Crippen molar-refractivity contribution in [3.8, 4) is 5.75 Å². The van der Waals surface area contributed by atoms with Crippen molar-refractivity contribution in [1.29, 1.82) is 0 Å². The molecule has 0 N–H and O–H groups in total. The zero-order valence-corrected chi connectivity index (χ0v) is 11.2. The van der Waals surface area contributed by atoms with E-state index in [4.69, 9.17) is 16.3 Å². The lowest BCUT2D eigenvalue weighted by atomic mass is 9.79. The first-order chi connectivity index (χ1) is 9.77. The fraction of sp³-hybridized carbons (Fsp3) is 0.0769. The maximum atomic E-state index is 13.0. The fourth-order valence-electron chi connectivity index (χ4n) is 1.70. The average molecular weight is 321 g/mol. The van der Waals surface area contributed by atoms with Gasteiger partial charge in [-0.2, -0.15) is 0 Å². The molecule has 0 spiro atoms. The van der Waals surface area contributed by atoms with Gasteiger partial charge in [-0.05, 0) is 35.9 Å². The summed E-state index contributed by atoms with van der Waals surface area (Å²) in [6.45, 7) is -5.65. The van der Waals surface area contributed by atoms with E-state index < -0.39 is 29.8 Å². The fourth-order valence-corrected chi connectivity index (χ4v) is 1.90. The van der Waals surface area contributed by atoms with Crippen LogP contribution in [0.5, 0.6) is 5.75 Å². The Morgan fingerprint density at radius 1 is 1.00 bits per heavy atom. The van der Waals surface area contributed by atoms with Gasteiger partial charge in [-0.3, -0.25) is 0 Å². The van der Waals surface area contributed by atoms with Gasteiger partial charge in [0.2, 0.25) is 0 Å². The molecule has 0 unspecified atom stereocenters. The zero-order valence-electron chi connectivity index (χ0n) is 10.4. The molecule has 0 bridgehead atoms. The van der Waals surface area contributed by atoms with E-state index in [0.29, 0.717) is 11.6 Å². The third-order valence-electron chi connectivity index (χ3n) is 2.70. The first-order valence-electron chi connectivity index (χ1n) is 5.83. The molecule has 0 amide bonds. The van der Waals surface area contributed by atoms with Crippen LogP contribution < -0.4 is 10.2 Å². The molecule has 0 saturated carbocycles. The second kappa shape index (κ2) is 5.93. The zero-order chi connectivity index (χ0) is 15.6. The summed E-state index contributed by atoms with van der Waals surface area (Å²) < 4.78 is 69.4. The van der Waals surface area contributed by atoms with Crippen molar-refractivity contribution < 1.29 is 26.5 Å². The van der Waals surface area contributed by atoms with Crippen LogP contribution in [0.3, 0.4) is 0 Å². The van der Waals surface area contributed by atoms with Crippen molar-refractivity contribution in [1.82, 2.24) is 0 Å². The molecule has 0 saturated heterocycles. The van der Waals surface area contributed by atoms with Crippen LogP contribution in [0, 0.1) is 11.6 Å². The van der Waals surface area contributed by atoms with Crippen LogP contribution in [0.2, 0.25) is 5.02 Å². The molecule has 2 aromatic rings. The molecule has 0 fully saturated rings. The first kappa shape index (κ1) is 15.6. The lowest BCUT2D eigenvalue weighted by Crippen LogP contribution is -2.35. The van der Waals surface area contributed by atoms with Gasteiger partial charge in [0.05, 0.1) is 10.8 Å². The summed E-state index contributed by atoms with van der Waals surface area (Å²) in [4.78, 5) is 0. The summed E-state index contributed by atoms with van der Waals surface area (Å²) in [5.74, 6) is -2.12. The summed E-state index contributed by atoms with van der Waals surface area (Å²) in [5.41, 5.74) is -0.755. The van der Waals surface area contributed by atoms with Crippen molar-refractivity contribution in [3.05, 3.63) is 58.6 Å². The summed E-state index contributed by atoms with van der Waals surface area (Å²) >= 11 is 5.56. The van der Waals surface area contributed by atoms with Gasteiger partial charge in [-0.25, -0.2) is 8.78 Å². The number of hydrogen-bond acceptors (Lipinski definition) is 1. The van der Waals surface area contributed by atoms with Crippen molar-refractivity contribution in [2.24, 2.45) is 0 Å². The summed E-state index contributed by atoms with van der Waals surface area (Å²) in [6.07, 6.45) is 0. The molecule has 2 aromatic carbocycles. The molecule has 21 heavy (non-hydrogen) atoms. The smallest absolute Gasteiger partial charge is 0.492 e. The van der Waals surface area contributed by atoms with Crippen LogP contribution in [0.25, 0.3) is 0 Å². The Morgan fingerprint density at radius 2 is 1.71 bits per heavy atom. The molecular formula is C13H8BClF5O-. The molecule has 0 aliphatic carbocycles. The van der Waals surface area contributed by atoms with Crippen LogP contribution >= 0.6 is 11.6 Å². The Hall–Kier alpha value is -1.76. The number of rotatable bonds is 4. The highest BCUT2D eigenvalue weighted by molar-refractivity contribution is 6.74. The Labute approximate surface area is 122 Å². The van der Waals surface area contributed by atoms with Gasteiger partial charge in [0.15, 0.2) is 0 Å². The topological polar surface area (TPSA) is 9.23 Å². The van der Waals surface area contributed by atoms with Gasteiger partial charge in [-0.15, -0.1) is 0 Å². The van der Waals surface area contributed by atoms with Crippen molar-refractivity contribution in [2.45, 2.75) is 6.61 Å². The summed E-state index contributed by atoms with van der Waals surface area (Å²) in [5, 5.41) is -0.157. The van der Waals surface area contributed by atoms with Gasteiger partial charge in [0.1, 0.15) is 18.2 Å². The minimum absolute atomic E-state index is 0.157. The van der Waals surface area contributed by atoms with Crippen molar-refractivity contribution in [3.63, 3.8) is 0 Å². The number of hydrogen-bond donors (Lipinski definition) is 0. The largest absolute Gasteiger partial charge is 0.513 e. The van der Waals surface area contributed by atoms with Gasteiger partial charge in [-0.1, -0.05) is 23.1 Å². The third kappa shape index (κ3) is 3.88. The van der Waals surface area contributed by atoms with E-state index in [1.807, 2.05) is 0 Å². The van der Waals surface area contributed by atoms with Crippen molar-refractivity contribution >= 4 is 24.0 Å². The lowest BCUT2D eigenvalue weighted by Gasteiger charge is -2.20. The van der Waals surface area contributed by atoms with Gasteiger partial charge < -0.3 is 17.7 Å². The molecular weight excluding hydrogens is 313 g/mol. The van der Waals surface area contributed by atoms with Crippen LogP contribution in [0.4, 0.5) is 21.7 Å². The summed E-state index contributed by atoms with van der Waals surface area (Å²) in [6, 6.07) is 5.83. The second-order valence-electron chi connectivity index (χ2n) is 4.29. The third-order valence-corrected chi connectivity index (χ3v) is 2.99. The van der Waals surface area contributed by atoms with Gasteiger partial charge >= 0.3 is 6.98 Å². The molecule has 0 aliphatic heterocycles. The Bertz CT molecular complexity index is 659. The van der Waals surface area contributed by atoms with Crippen LogP contribution in [0.1, 0.15) is 5.56 Å². The van der Waals surface area contributed by atoms with Crippen LogP contribution in [0.15, 0.2) is 36.4 Å². The molecule has 1 nitrogen and oxygen atoms in total. The van der Waals surface area contributed by atoms with Gasteiger partial charge in [0.25, 0.3) is 0 Å². The second-order valence-corrected chi connectivity index (χ2v) is 4.70.